The summed E-state index contributed by atoms with van der Waals surface area (Å²) in [5.74, 6) is -0.0252. The van der Waals surface area contributed by atoms with E-state index in [9.17, 15) is 18.0 Å². The van der Waals surface area contributed by atoms with E-state index < -0.39 is 28.5 Å². The second-order valence-corrected chi connectivity index (χ2v) is 10.9. The maximum atomic E-state index is 13.7. The summed E-state index contributed by atoms with van der Waals surface area (Å²) in [5, 5.41) is 3.05. The number of amides is 2. The molecule has 0 aliphatic heterocycles. The number of nitrogens with zero attached hydrogens (tertiary/aromatic N) is 2. The Bertz CT molecular complexity index is 1150. The first-order valence-electron chi connectivity index (χ1n) is 12.0. The summed E-state index contributed by atoms with van der Waals surface area (Å²) >= 11 is 0. The normalized spacial score (nSPS) is 14.7. The van der Waals surface area contributed by atoms with Crippen LogP contribution in [0.15, 0.2) is 48.5 Å². The van der Waals surface area contributed by atoms with E-state index in [1.807, 2.05) is 30.3 Å². The van der Waals surface area contributed by atoms with Crippen molar-refractivity contribution >= 4 is 27.5 Å². The SMILES string of the molecule is COc1ccc(N(CC(=O)N(Cc2ccccc2)[C@H](C)C(=O)NC2CCCC2)S(C)(=O)=O)c(OC)c1. The molecule has 0 spiro atoms. The molecule has 0 radical (unpaired) electrons. The van der Waals surface area contributed by atoms with Crippen molar-refractivity contribution in [3.63, 3.8) is 0 Å². The van der Waals surface area contributed by atoms with Gasteiger partial charge in [-0.1, -0.05) is 43.2 Å². The molecule has 196 valence electrons. The largest absolute Gasteiger partial charge is 0.497 e. The summed E-state index contributed by atoms with van der Waals surface area (Å²) in [7, 11) is -0.965. The molecule has 1 fully saturated rings. The number of ether oxygens (including phenoxy) is 2. The highest BCUT2D eigenvalue weighted by Crippen LogP contribution is 2.33. The summed E-state index contributed by atoms with van der Waals surface area (Å²) < 4.78 is 37.2. The molecule has 1 saturated carbocycles. The number of nitrogens with one attached hydrogen (secondary N) is 1. The maximum Gasteiger partial charge on any atom is 0.244 e. The third kappa shape index (κ3) is 6.90. The molecule has 2 amide bonds. The van der Waals surface area contributed by atoms with Crippen LogP contribution in [-0.2, 0) is 26.2 Å². The number of anilines is 1. The highest BCUT2D eigenvalue weighted by Gasteiger charge is 2.32. The zero-order valence-corrected chi connectivity index (χ0v) is 22.1. The van der Waals surface area contributed by atoms with Crippen LogP contribution in [0.2, 0.25) is 0 Å². The first kappa shape index (κ1) is 27.3. The molecule has 2 aromatic carbocycles. The first-order valence-corrected chi connectivity index (χ1v) is 13.8. The Labute approximate surface area is 213 Å². The number of hydrogen-bond donors (Lipinski definition) is 1. The lowest BCUT2D eigenvalue weighted by Crippen LogP contribution is -2.52. The molecule has 0 saturated heterocycles. The molecule has 1 aliphatic rings. The fourth-order valence-electron chi connectivity index (χ4n) is 4.34. The zero-order valence-electron chi connectivity index (χ0n) is 21.3. The lowest BCUT2D eigenvalue weighted by Gasteiger charge is -2.32. The highest BCUT2D eigenvalue weighted by molar-refractivity contribution is 7.92. The molecule has 2 aromatic rings. The standard InChI is InChI=1S/C26H35N3O6S/c1-19(26(31)27-21-12-8-9-13-21)28(17-20-10-6-5-7-11-20)25(30)18-29(36(4,32)33)23-15-14-22(34-2)16-24(23)35-3/h5-7,10-11,14-16,19,21H,8-9,12-13,17-18H2,1-4H3,(H,27,31)/t19-/m1/s1. The molecule has 1 atom stereocenters. The monoisotopic (exact) mass is 517 g/mol. The summed E-state index contributed by atoms with van der Waals surface area (Å²) in [6.45, 7) is 1.34. The van der Waals surface area contributed by atoms with Gasteiger partial charge in [0.15, 0.2) is 0 Å². The Kier molecular flexibility index (Phi) is 9.19. The molecule has 0 unspecified atom stereocenters. The molecule has 0 aromatic heterocycles. The van der Waals surface area contributed by atoms with Gasteiger partial charge in [-0.3, -0.25) is 13.9 Å². The van der Waals surface area contributed by atoms with Crippen molar-refractivity contribution in [2.75, 3.05) is 31.3 Å². The van der Waals surface area contributed by atoms with E-state index in [1.165, 1.54) is 25.2 Å². The molecule has 1 aliphatic carbocycles. The van der Waals surface area contributed by atoms with Crippen LogP contribution in [-0.4, -0.2) is 64.2 Å². The Morgan fingerprint density at radius 1 is 1.06 bits per heavy atom. The molecule has 0 bridgehead atoms. The molecule has 10 heteroatoms. The van der Waals surface area contributed by atoms with E-state index in [1.54, 1.807) is 19.1 Å². The smallest absolute Gasteiger partial charge is 0.244 e. The van der Waals surface area contributed by atoms with E-state index >= 15 is 0 Å². The van der Waals surface area contributed by atoms with Crippen molar-refractivity contribution in [1.82, 2.24) is 10.2 Å². The minimum Gasteiger partial charge on any atom is -0.497 e. The first-order chi connectivity index (χ1) is 17.1. The van der Waals surface area contributed by atoms with Crippen LogP contribution in [0.5, 0.6) is 11.5 Å². The number of hydrogen-bond acceptors (Lipinski definition) is 6. The van der Waals surface area contributed by atoms with Gasteiger partial charge in [-0.2, -0.15) is 0 Å². The van der Waals surface area contributed by atoms with Gasteiger partial charge < -0.3 is 19.7 Å². The molecule has 9 nitrogen and oxygen atoms in total. The van der Waals surface area contributed by atoms with Gasteiger partial charge in [0.1, 0.15) is 24.1 Å². The quantitative estimate of drug-likeness (QED) is 0.491. The second-order valence-electron chi connectivity index (χ2n) is 8.98. The third-order valence-corrected chi connectivity index (χ3v) is 7.53. The van der Waals surface area contributed by atoms with Crippen molar-refractivity contribution in [3.05, 3.63) is 54.1 Å². The summed E-state index contributed by atoms with van der Waals surface area (Å²) in [5.41, 5.74) is 1.04. The predicted molar refractivity (Wildman–Crippen MR) is 139 cm³/mol. The fraction of sp³-hybridized carbons (Fsp3) is 0.462. The van der Waals surface area contributed by atoms with Gasteiger partial charge in [0.05, 0.1) is 26.2 Å². The molecule has 36 heavy (non-hydrogen) atoms. The number of carbonyl (C=O) groups is 2. The summed E-state index contributed by atoms with van der Waals surface area (Å²) in [4.78, 5) is 28.2. The van der Waals surface area contributed by atoms with Gasteiger partial charge in [0.25, 0.3) is 0 Å². The Hall–Kier alpha value is -3.27. The van der Waals surface area contributed by atoms with Crippen LogP contribution in [0.3, 0.4) is 0 Å². The molecular formula is C26H35N3O6S. The highest BCUT2D eigenvalue weighted by atomic mass is 32.2. The van der Waals surface area contributed by atoms with Crippen LogP contribution in [0, 0.1) is 0 Å². The van der Waals surface area contributed by atoms with E-state index in [4.69, 9.17) is 9.47 Å². The average molecular weight is 518 g/mol. The number of benzene rings is 2. The Morgan fingerprint density at radius 2 is 1.72 bits per heavy atom. The van der Waals surface area contributed by atoms with Crippen molar-refractivity contribution in [1.29, 1.82) is 0 Å². The Balaban J connectivity index is 1.91. The minimum absolute atomic E-state index is 0.102. The topological polar surface area (TPSA) is 105 Å². The minimum atomic E-state index is -3.87. The van der Waals surface area contributed by atoms with Crippen molar-refractivity contribution in [3.8, 4) is 11.5 Å². The molecule has 0 heterocycles. The van der Waals surface area contributed by atoms with Crippen LogP contribution >= 0.6 is 0 Å². The summed E-state index contributed by atoms with van der Waals surface area (Å²) in [6, 6.07) is 13.3. The zero-order chi connectivity index (χ0) is 26.3. The van der Waals surface area contributed by atoms with E-state index in [2.05, 4.69) is 5.32 Å². The average Bonchev–Trinajstić information content (AvgIpc) is 3.38. The van der Waals surface area contributed by atoms with Gasteiger partial charge >= 0.3 is 0 Å². The van der Waals surface area contributed by atoms with Crippen LogP contribution in [0.4, 0.5) is 5.69 Å². The van der Waals surface area contributed by atoms with E-state index in [0.717, 1.165) is 41.8 Å². The predicted octanol–water partition coefficient (Wildman–Crippen LogP) is 2.95. The lowest BCUT2D eigenvalue weighted by atomic mass is 10.1. The third-order valence-electron chi connectivity index (χ3n) is 6.40. The Morgan fingerprint density at radius 3 is 2.31 bits per heavy atom. The van der Waals surface area contributed by atoms with Gasteiger partial charge in [0, 0.05) is 18.7 Å². The van der Waals surface area contributed by atoms with E-state index in [-0.39, 0.29) is 29.9 Å². The number of sulfonamides is 1. The van der Waals surface area contributed by atoms with Crippen LogP contribution in [0.1, 0.15) is 38.2 Å². The second kappa shape index (κ2) is 12.1. The molecule has 1 N–H and O–H groups in total. The molecule has 3 rings (SSSR count). The van der Waals surface area contributed by atoms with Crippen molar-refractivity contribution in [2.45, 2.75) is 51.2 Å². The number of rotatable bonds is 11. The van der Waals surface area contributed by atoms with Crippen molar-refractivity contribution < 1.29 is 27.5 Å². The number of methoxy groups -OCH3 is 2. The van der Waals surface area contributed by atoms with Gasteiger partial charge in [-0.05, 0) is 37.5 Å². The van der Waals surface area contributed by atoms with Crippen molar-refractivity contribution in [2.24, 2.45) is 0 Å². The maximum absolute atomic E-state index is 13.7. The number of carbonyl (C=O) groups excluding carboxylic acids is 2. The van der Waals surface area contributed by atoms with Gasteiger partial charge in [0.2, 0.25) is 21.8 Å². The molecular weight excluding hydrogens is 482 g/mol. The van der Waals surface area contributed by atoms with Gasteiger partial charge in [-0.15, -0.1) is 0 Å². The lowest BCUT2D eigenvalue weighted by molar-refractivity contribution is -0.139. The summed E-state index contributed by atoms with van der Waals surface area (Å²) in [6.07, 6.45) is 5.01. The van der Waals surface area contributed by atoms with Crippen LogP contribution < -0.4 is 19.1 Å². The fourth-order valence-corrected chi connectivity index (χ4v) is 5.19. The van der Waals surface area contributed by atoms with Gasteiger partial charge in [-0.25, -0.2) is 8.42 Å². The van der Waals surface area contributed by atoms with Crippen LogP contribution in [0.25, 0.3) is 0 Å². The van der Waals surface area contributed by atoms with E-state index in [0.29, 0.717) is 5.75 Å².